The van der Waals surface area contributed by atoms with Crippen molar-refractivity contribution in [2.24, 2.45) is 0 Å². The molecule has 0 bridgehead atoms. The first kappa shape index (κ1) is 13.0. The maximum absolute atomic E-state index is 9.19. The Morgan fingerprint density at radius 2 is 1.90 bits per heavy atom. The summed E-state index contributed by atoms with van der Waals surface area (Å²) < 4.78 is 5.70. The zero-order valence-corrected chi connectivity index (χ0v) is 11.5. The molecule has 1 N–H and O–H groups in total. The van der Waals surface area contributed by atoms with E-state index in [-0.39, 0.29) is 6.61 Å². The van der Waals surface area contributed by atoms with Gasteiger partial charge in [0.15, 0.2) is 0 Å². The van der Waals surface area contributed by atoms with Gasteiger partial charge >= 0.3 is 0 Å². The molecule has 0 saturated heterocycles. The molecular weight excluding hydrogens is 250 g/mol. The Morgan fingerprint density at radius 3 is 2.70 bits per heavy atom. The highest BCUT2D eigenvalue weighted by Gasteiger charge is 2.17. The first-order valence-electron chi connectivity index (χ1n) is 7.02. The van der Waals surface area contributed by atoms with E-state index in [1.54, 1.807) is 0 Å². The molecule has 0 saturated carbocycles. The van der Waals surface area contributed by atoms with Crippen LogP contribution in [0.4, 0.5) is 5.69 Å². The standard InChI is InChI=1S/C17H19NO2/c19-13-15-6-7-16-17(12-15)20-11-10-18(16)9-8-14-4-2-1-3-5-14/h1-7,12,19H,8-11,13H2. The molecule has 0 aromatic heterocycles. The molecule has 2 aromatic carbocycles. The molecule has 2 aromatic rings. The lowest BCUT2D eigenvalue weighted by atomic mass is 10.1. The third-order valence-corrected chi connectivity index (χ3v) is 3.68. The fraction of sp³-hybridized carbons (Fsp3) is 0.294. The van der Waals surface area contributed by atoms with Crippen molar-refractivity contribution in [1.82, 2.24) is 0 Å². The van der Waals surface area contributed by atoms with E-state index in [0.29, 0.717) is 6.61 Å². The van der Waals surface area contributed by atoms with Gasteiger partial charge in [-0.1, -0.05) is 36.4 Å². The van der Waals surface area contributed by atoms with Gasteiger partial charge in [0.05, 0.1) is 18.8 Å². The summed E-state index contributed by atoms with van der Waals surface area (Å²) in [5.74, 6) is 0.885. The lowest BCUT2D eigenvalue weighted by Gasteiger charge is -2.31. The fourth-order valence-electron chi connectivity index (χ4n) is 2.56. The second-order valence-corrected chi connectivity index (χ2v) is 5.03. The van der Waals surface area contributed by atoms with Crippen LogP contribution < -0.4 is 9.64 Å². The van der Waals surface area contributed by atoms with Gasteiger partial charge in [-0.2, -0.15) is 0 Å². The topological polar surface area (TPSA) is 32.7 Å². The van der Waals surface area contributed by atoms with Gasteiger partial charge in [0, 0.05) is 6.54 Å². The third-order valence-electron chi connectivity index (χ3n) is 3.68. The molecule has 1 aliphatic heterocycles. The number of hydrogen-bond donors (Lipinski definition) is 1. The quantitative estimate of drug-likeness (QED) is 0.926. The van der Waals surface area contributed by atoms with E-state index in [1.807, 2.05) is 24.3 Å². The van der Waals surface area contributed by atoms with Crippen LogP contribution in [0, 0.1) is 0 Å². The van der Waals surface area contributed by atoms with Crippen molar-refractivity contribution in [3.63, 3.8) is 0 Å². The van der Waals surface area contributed by atoms with E-state index in [9.17, 15) is 5.11 Å². The largest absolute Gasteiger partial charge is 0.490 e. The summed E-state index contributed by atoms with van der Waals surface area (Å²) in [5, 5.41) is 9.19. The van der Waals surface area contributed by atoms with E-state index in [2.05, 4.69) is 29.2 Å². The van der Waals surface area contributed by atoms with Crippen LogP contribution in [0.3, 0.4) is 0 Å². The average molecular weight is 269 g/mol. The van der Waals surface area contributed by atoms with Crippen LogP contribution in [0.15, 0.2) is 48.5 Å². The van der Waals surface area contributed by atoms with E-state index < -0.39 is 0 Å². The zero-order chi connectivity index (χ0) is 13.8. The van der Waals surface area contributed by atoms with Crippen LogP contribution in [-0.4, -0.2) is 24.8 Å². The van der Waals surface area contributed by atoms with Crippen molar-refractivity contribution in [3.8, 4) is 5.75 Å². The molecule has 0 radical (unpaired) electrons. The Hall–Kier alpha value is -2.00. The second kappa shape index (κ2) is 5.97. The molecule has 104 valence electrons. The summed E-state index contributed by atoms with van der Waals surface area (Å²) in [6, 6.07) is 16.5. The smallest absolute Gasteiger partial charge is 0.143 e. The Kier molecular flexibility index (Phi) is 3.88. The summed E-state index contributed by atoms with van der Waals surface area (Å²) >= 11 is 0. The van der Waals surface area contributed by atoms with Gasteiger partial charge in [-0.3, -0.25) is 0 Å². The molecule has 0 spiro atoms. The number of nitrogens with zero attached hydrogens (tertiary/aromatic N) is 1. The van der Waals surface area contributed by atoms with Crippen molar-refractivity contribution < 1.29 is 9.84 Å². The first-order chi connectivity index (χ1) is 9.86. The number of benzene rings is 2. The number of anilines is 1. The summed E-state index contributed by atoms with van der Waals surface area (Å²) in [6.07, 6.45) is 1.03. The first-order valence-corrected chi connectivity index (χ1v) is 7.02. The van der Waals surface area contributed by atoms with Crippen LogP contribution in [-0.2, 0) is 13.0 Å². The van der Waals surface area contributed by atoms with Crippen molar-refractivity contribution >= 4 is 5.69 Å². The van der Waals surface area contributed by atoms with Gasteiger partial charge in [0.1, 0.15) is 12.4 Å². The van der Waals surface area contributed by atoms with E-state index in [4.69, 9.17) is 4.74 Å². The van der Waals surface area contributed by atoms with Crippen molar-refractivity contribution in [2.75, 3.05) is 24.6 Å². The molecule has 1 heterocycles. The molecule has 0 unspecified atom stereocenters. The molecular formula is C17H19NO2. The van der Waals surface area contributed by atoms with Gasteiger partial charge in [-0.25, -0.2) is 0 Å². The zero-order valence-electron chi connectivity index (χ0n) is 11.5. The molecule has 3 rings (SSSR count). The van der Waals surface area contributed by atoms with Crippen LogP contribution >= 0.6 is 0 Å². The summed E-state index contributed by atoms with van der Waals surface area (Å²) in [4.78, 5) is 2.35. The second-order valence-electron chi connectivity index (χ2n) is 5.03. The lowest BCUT2D eigenvalue weighted by Crippen LogP contribution is -2.34. The predicted octanol–water partition coefficient (Wildman–Crippen LogP) is 2.62. The SMILES string of the molecule is OCc1ccc2c(c1)OCCN2CCc1ccccc1. The monoisotopic (exact) mass is 269 g/mol. The number of rotatable bonds is 4. The summed E-state index contributed by atoms with van der Waals surface area (Å²) in [6.45, 7) is 2.66. The van der Waals surface area contributed by atoms with Crippen molar-refractivity contribution in [3.05, 3.63) is 59.7 Å². The van der Waals surface area contributed by atoms with Crippen LogP contribution in [0.25, 0.3) is 0 Å². The highest BCUT2D eigenvalue weighted by molar-refractivity contribution is 5.61. The molecule has 0 atom stereocenters. The highest BCUT2D eigenvalue weighted by atomic mass is 16.5. The Labute approximate surface area is 119 Å². The molecule has 0 amide bonds. The van der Waals surface area contributed by atoms with E-state index in [0.717, 1.165) is 36.5 Å². The predicted molar refractivity (Wildman–Crippen MR) is 80.2 cm³/mol. The average Bonchev–Trinajstić information content (AvgIpc) is 2.53. The number of hydrogen-bond acceptors (Lipinski definition) is 3. The molecule has 3 nitrogen and oxygen atoms in total. The molecule has 20 heavy (non-hydrogen) atoms. The number of ether oxygens (including phenoxy) is 1. The van der Waals surface area contributed by atoms with Gasteiger partial charge in [-0.05, 0) is 29.7 Å². The molecule has 3 heteroatoms. The number of aliphatic hydroxyl groups excluding tert-OH is 1. The van der Waals surface area contributed by atoms with Crippen molar-refractivity contribution in [2.45, 2.75) is 13.0 Å². The Bertz CT molecular complexity index is 568. The minimum atomic E-state index is 0.0562. The number of fused-ring (bicyclic) bond motifs is 1. The molecule has 0 aliphatic carbocycles. The third kappa shape index (κ3) is 2.78. The normalized spacial score (nSPS) is 13.8. The van der Waals surface area contributed by atoms with Gasteiger partial charge in [0.25, 0.3) is 0 Å². The summed E-state index contributed by atoms with van der Waals surface area (Å²) in [5.41, 5.74) is 3.38. The lowest BCUT2D eigenvalue weighted by molar-refractivity contribution is 0.278. The summed E-state index contributed by atoms with van der Waals surface area (Å²) in [7, 11) is 0. The van der Waals surface area contributed by atoms with Gasteiger partial charge < -0.3 is 14.7 Å². The van der Waals surface area contributed by atoms with Gasteiger partial charge in [-0.15, -0.1) is 0 Å². The fourth-order valence-corrected chi connectivity index (χ4v) is 2.56. The maximum atomic E-state index is 9.19. The van der Waals surface area contributed by atoms with E-state index in [1.165, 1.54) is 5.56 Å². The van der Waals surface area contributed by atoms with Crippen LogP contribution in [0.1, 0.15) is 11.1 Å². The van der Waals surface area contributed by atoms with E-state index >= 15 is 0 Å². The minimum Gasteiger partial charge on any atom is -0.490 e. The Morgan fingerprint density at radius 1 is 1.05 bits per heavy atom. The van der Waals surface area contributed by atoms with Crippen LogP contribution in [0.2, 0.25) is 0 Å². The Balaban J connectivity index is 1.73. The maximum Gasteiger partial charge on any atom is 0.143 e. The van der Waals surface area contributed by atoms with Crippen molar-refractivity contribution in [1.29, 1.82) is 0 Å². The minimum absolute atomic E-state index is 0.0562. The van der Waals surface area contributed by atoms with Gasteiger partial charge in [0.2, 0.25) is 0 Å². The van der Waals surface area contributed by atoms with Crippen LogP contribution in [0.5, 0.6) is 5.75 Å². The highest BCUT2D eigenvalue weighted by Crippen LogP contribution is 2.32. The molecule has 0 fully saturated rings. The number of aliphatic hydroxyl groups is 1. The molecule has 1 aliphatic rings.